The van der Waals surface area contributed by atoms with Crippen molar-refractivity contribution in [2.24, 2.45) is 5.73 Å². The van der Waals surface area contributed by atoms with Gasteiger partial charge in [-0.1, -0.05) is 17.7 Å². The summed E-state index contributed by atoms with van der Waals surface area (Å²) in [7, 11) is 0. The molecule has 2 rings (SSSR count). The molecule has 1 nitrogen and oxygen atoms in total. The Bertz CT molecular complexity index is 337. The van der Waals surface area contributed by atoms with E-state index in [2.05, 4.69) is 0 Å². The molecule has 78 valence electrons. The Morgan fingerprint density at radius 3 is 2.43 bits per heavy atom. The molecule has 1 aromatic rings. The molecule has 1 fully saturated rings. The minimum atomic E-state index is -0.436. The molecule has 2 N–H and O–H groups in total. The van der Waals surface area contributed by atoms with E-state index in [0.717, 1.165) is 19.3 Å². The lowest BCUT2D eigenvalue weighted by Gasteiger charge is -2.38. The van der Waals surface area contributed by atoms with Gasteiger partial charge in [0.2, 0.25) is 0 Å². The topological polar surface area (TPSA) is 26.0 Å². The Kier molecular flexibility index (Phi) is 3.40. The second-order valence-corrected chi connectivity index (χ2v) is 4.07. The largest absolute Gasteiger partial charge is 0.321 e. The third kappa shape index (κ3) is 1.88. The van der Waals surface area contributed by atoms with Gasteiger partial charge in [0.25, 0.3) is 0 Å². The molecule has 4 heteroatoms. The van der Waals surface area contributed by atoms with Crippen molar-refractivity contribution in [1.29, 1.82) is 0 Å². The monoisotopic (exact) mass is 235 g/mol. The lowest BCUT2D eigenvalue weighted by atomic mass is 9.72. The smallest absolute Gasteiger partial charge is 0.129 e. The van der Waals surface area contributed by atoms with E-state index in [4.69, 9.17) is 17.3 Å². The van der Waals surface area contributed by atoms with Crippen LogP contribution in [-0.4, -0.2) is 0 Å². The van der Waals surface area contributed by atoms with Crippen molar-refractivity contribution in [1.82, 2.24) is 0 Å². The number of halogens is 3. The third-order valence-corrected chi connectivity index (χ3v) is 2.95. The van der Waals surface area contributed by atoms with Gasteiger partial charge in [-0.05, 0) is 31.4 Å². The summed E-state index contributed by atoms with van der Waals surface area (Å²) in [5.41, 5.74) is 6.16. The highest BCUT2D eigenvalue weighted by Crippen LogP contribution is 2.40. The molecule has 0 saturated heterocycles. The Labute approximate surface area is 93.8 Å². The van der Waals surface area contributed by atoms with Crippen LogP contribution < -0.4 is 5.73 Å². The molecular formula is C10H12Cl2FN. The van der Waals surface area contributed by atoms with Crippen LogP contribution in [0.4, 0.5) is 4.39 Å². The van der Waals surface area contributed by atoms with Crippen molar-refractivity contribution in [2.75, 3.05) is 0 Å². The Morgan fingerprint density at radius 1 is 1.36 bits per heavy atom. The summed E-state index contributed by atoms with van der Waals surface area (Å²) < 4.78 is 13.4. The van der Waals surface area contributed by atoms with Crippen LogP contribution in [0.25, 0.3) is 0 Å². The fourth-order valence-electron chi connectivity index (χ4n) is 1.72. The molecule has 1 saturated carbocycles. The van der Waals surface area contributed by atoms with Gasteiger partial charge in [0.05, 0.1) is 0 Å². The summed E-state index contributed by atoms with van der Waals surface area (Å²) in [6.07, 6.45) is 2.82. The van der Waals surface area contributed by atoms with Crippen LogP contribution in [0.2, 0.25) is 5.02 Å². The number of nitrogens with two attached hydrogens (primary N) is 1. The lowest BCUT2D eigenvalue weighted by molar-refractivity contribution is 0.245. The summed E-state index contributed by atoms with van der Waals surface area (Å²) in [6.45, 7) is 0. The van der Waals surface area contributed by atoms with Gasteiger partial charge in [-0.25, -0.2) is 4.39 Å². The highest BCUT2D eigenvalue weighted by atomic mass is 35.5. The molecule has 0 aromatic heterocycles. The molecule has 0 radical (unpaired) electrons. The molecule has 0 bridgehead atoms. The van der Waals surface area contributed by atoms with Crippen molar-refractivity contribution >= 4 is 24.0 Å². The molecule has 0 aliphatic heterocycles. The van der Waals surface area contributed by atoms with Gasteiger partial charge < -0.3 is 5.73 Å². The van der Waals surface area contributed by atoms with Crippen LogP contribution in [0, 0.1) is 5.82 Å². The molecule has 0 unspecified atom stereocenters. The van der Waals surface area contributed by atoms with Crippen molar-refractivity contribution in [3.05, 3.63) is 34.6 Å². The molecule has 14 heavy (non-hydrogen) atoms. The molecule has 0 spiro atoms. The zero-order valence-electron chi connectivity index (χ0n) is 7.59. The van der Waals surface area contributed by atoms with Crippen LogP contribution in [0.15, 0.2) is 18.2 Å². The normalized spacial score (nSPS) is 18.2. The number of hydrogen-bond donors (Lipinski definition) is 1. The maximum absolute atomic E-state index is 13.4. The summed E-state index contributed by atoms with van der Waals surface area (Å²) in [5.74, 6) is -0.283. The predicted octanol–water partition coefficient (Wildman–Crippen LogP) is 3.24. The average molecular weight is 236 g/mol. The van der Waals surface area contributed by atoms with E-state index in [1.807, 2.05) is 0 Å². The Balaban J connectivity index is 0.000000980. The van der Waals surface area contributed by atoms with Crippen molar-refractivity contribution in [2.45, 2.75) is 24.8 Å². The van der Waals surface area contributed by atoms with Crippen molar-refractivity contribution in [3.63, 3.8) is 0 Å². The van der Waals surface area contributed by atoms with Crippen LogP contribution in [0.5, 0.6) is 0 Å². The average Bonchev–Trinajstić information content (AvgIpc) is 2.00. The highest BCUT2D eigenvalue weighted by Gasteiger charge is 2.36. The van der Waals surface area contributed by atoms with E-state index in [1.54, 1.807) is 12.1 Å². The zero-order chi connectivity index (χ0) is 9.47. The summed E-state index contributed by atoms with van der Waals surface area (Å²) in [4.78, 5) is 0. The zero-order valence-corrected chi connectivity index (χ0v) is 9.17. The standard InChI is InChI=1S/C10H11ClFN.ClH/c11-7-2-3-8(9(12)6-7)10(13)4-1-5-10;/h2-3,6H,1,4-5,13H2;1H. The lowest BCUT2D eigenvalue weighted by Crippen LogP contribution is -2.43. The molecule has 1 aliphatic rings. The Morgan fingerprint density at radius 2 is 2.00 bits per heavy atom. The van der Waals surface area contributed by atoms with Crippen molar-refractivity contribution < 1.29 is 4.39 Å². The summed E-state index contributed by atoms with van der Waals surface area (Å²) in [5, 5.41) is 0.421. The molecule has 0 atom stereocenters. The third-order valence-electron chi connectivity index (χ3n) is 2.71. The SMILES string of the molecule is Cl.NC1(c2ccc(Cl)cc2F)CCC1. The first-order valence-electron chi connectivity index (χ1n) is 4.36. The first-order valence-corrected chi connectivity index (χ1v) is 4.74. The fraction of sp³-hybridized carbons (Fsp3) is 0.400. The highest BCUT2D eigenvalue weighted by molar-refractivity contribution is 6.30. The summed E-state index contributed by atoms with van der Waals surface area (Å²) >= 11 is 5.65. The first-order chi connectivity index (χ1) is 6.12. The predicted molar refractivity (Wildman–Crippen MR) is 58.4 cm³/mol. The fourth-order valence-corrected chi connectivity index (χ4v) is 1.88. The molecule has 0 amide bonds. The van der Waals surface area contributed by atoms with Gasteiger partial charge in [0.1, 0.15) is 5.82 Å². The van der Waals surface area contributed by atoms with Crippen LogP contribution >= 0.6 is 24.0 Å². The van der Waals surface area contributed by atoms with Crippen LogP contribution in [0.3, 0.4) is 0 Å². The van der Waals surface area contributed by atoms with Gasteiger partial charge in [-0.3, -0.25) is 0 Å². The van der Waals surface area contributed by atoms with Crippen molar-refractivity contribution in [3.8, 4) is 0 Å². The quantitative estimate of drug-likeness (QED) is 0.795. The minimum Gasteiger partial charge on any atom is -0.321 e. The first kappa shape index (κ1) is 11.8. The summed E-state index contributed by atoms with van der Waals surface area (Å²) in [6, 6.07) is 4.70. The minimum absolute atomic E-state index is 0. The van der Waals surface area contributed by atoms with Gasteiger partial charge in [-0.2, -0.15) is 0 Å². The van der Waals surface area contributed by atoms with E-state index >= 15 is 0 Å². The van der Waals surface area contributed by atoms with Gasteiger partial charge in [0.15, 0.2) is 0 Å². The molecular weight excluding hydrogens is 224 g/mol. The van der Waals surface area contributed by atoms with E-state index in [9.17, 15) is 4.39 Å². The number of benzene rings is 1. The van der Waals surface area contributed by atoms with E-state index in [1.165, 1.54) is 6.07 Å². The number of rotatable bonds is 1. The Hall–Kier alpha value is -0.310. The second-order valence-electron chi connectivity index (χ2n) is 3.63. The number of hydrogen-bond acceptors (Lipinski definition) is 1. The maximum Gasteiger partial charge on any atom is 0.129 e. The molecule has 0 heterocycles. The van der Waals surface area contributed by atoms with E-state index in [-0.39, 0.29) is 18.2 Å². The second kappa shape index (κ2) is 4.05. The van der Waals surface area contributed by atoms with E-state index in [0.29, 0.717) is 10.6 Å². The van der Waals surface area contributed by atoms with Gasteiger partial charge >= 0.3 is 0 Å². The van der Waals surface area contributed by atoms with Crippen LogP contribution in [0.1, 0.15) is 24.8 Å². The molecule has 1 aliphatic carbocycles. The maximum atomic E-state index is 13.4. The molecule has 1 aromatic carbocycles. The van der Waals surface area contributed by atoms with Gasteiger partial charge in [-0.15, -0.1) is 12.4 Å². The van der Waals surface area contributed by atoms with Gasteiger partial charge in [0, 0.05) is 16.1 Å². The van der Waals surface area contributed by atoms with E-state index < -0.39 is 5.54 Å². The van der Waals surface area contributed by atoms with Crippen LogP contribution in [-0.2, 0) is 5.54 Å².